The molecule has 0 spiro atoms. The van der Waals surface area contributed by atoms with Crippen molar-refractivity contribution in [1.82, 2.24) is 9.47 Å². The normalized spacial score (nSPS) is 21.4. The van der Waals surface area contributed by atoms with Gasteiger partial charge in [-0.2, -0.15) is 0 Å². The van der Waals surface area contributed by atoms with Gasteiger partial charge in [0.05, 0.1) is 18.7 Å². The fourth-order valence-electron chi connectivity index (χ4n) is 4.21. The average Bonchev–Trinajstić information content (AvgIpc) is 2.72. The molecule has 1 N–H and O–H groups in total. The highest BCUT2D eigenvalue weighted by Gasteiger charge is 2.41. The van der Waals surface area contributed by atoms with Gasteiger partial charge >= 0.3 is 0 Å². The molecule has 2 aliphatic heterocycles. The largest absolute Gasteiger partial charge is 0.503 e. The lowest BCUT2D eigenvalue weighted by Gasteiger charge is -2.44. The zero-order chi connectivity index (χ0) is 22.4. The van der Waals surface area contributed by atoms with Gasteiger partial charge in [0.2, 0.25) is 5.43 Å². The molecule has 31 heavy (non-hydrogen) atoms. The number of hydrogen-bond donors (Lipinski definition) is 1. The van der Waals surface area contributed by atoms with Crippen LogP contribution in [0.2, 0.25) is 0 Å². The number of rotatable bonds is 4. The van der Waals surface area contributed by atoms with Crippen molar-refractivity contribution in [3.05, 3.63) is 63.1 Å². The van der Waals surface area contributed by atoms with E-state index in [4.69, 9.17) is 4.74 Å². The third-order valence-corrected chi connectivity index (χ3v) is 5.93. The first-order valence-electron chi connectivity index (χ1n) is 10.1. The van der Waals surface area contributed by atoms with Crippen LogP contribution in [-0.4, -0.2) is 45.1 Å². The van der Waals surface area contributed by atoms with Crippen molar-refractivity contribution in [2.75, 3.05) is 6.61 Å². The molecule has 1 unspecified atom stereocenters. The summed E-state index contributed by atoms with van der Waals surface area (Å²) in [4.78, 5) is 40.1. The number of nitrogens with zero attached hydrogens (tertiary/aromatic N) is 2. The number of ether oxygens (including phenoxy) is 1. The zero-order valence-electron chi connectivity index (χ0n) is 17.1. The minimum Gasteiger partial charge on any atom is -0.503 e. The first-order valence-corrected chi connectivity index (χ1v) is 10.1. The zero-order valence-corrected chi connectivity index (χ0v) is 17.1. The van der Waals surface area contributed by atoms with Crippen LogP contribution in [0, 0.1) is 17.6 Å². The Bertz CT molecular complexity index is 1130. The topological polar surface area (TPSA) is 88.8 Å². The number of halogens is 2. The number of aromatic nitrogens is 1. The lowest BCUT2D eigenvalue weighted by atomic mass is 9.92. The fourth-order valence-corrected chi connectivity index (χ4v) is 4.21. The summed E-state index contributed by atoms with van der Waals surface area (Å²) >= 11 is 0. The highest BCUT2D eigenvalue weighted by atomic mass is 19.1. The van der Waals surface area contributed by atoms with E-state index >= 15 is 0 Å². The number of Topliss-reactive ketones (excluding diaryl/α,β-unsaturated/α-hetero) is 1. The van der Waals surface area contributed by atoms with Gasteiger partial charge in [-0.3, -0.25) is 14.4 Å². The Balaban J connectivity index is 1.67. The van der Waals surface area contributed by atoms with Crippen molar-refractivity contribution < 1.29 is 28.2 Å². The van der Waals surface area contributed by atoms with E-state index in [0.717, 1.165) is 12.1 Å². The van der Waals surface area contributed by atoms with E-state index in [1.54, 1.807) is 0 Å². The lowest BCUT2D eigenvalue weighted by Crippen LogP contribution is -2.57. The molecule has 3 heterocycles. The molecule has 0 bridgehead atoms. The smallest absolute Gasteiger partial charge is 0.276 e. The van der Waals surface area contributed by atoms with Gasteiger partial charge in [0.15, 0.2) is 23.5 Å². The van der Waals surface area contributed by atoms with Crippen LogP contribution in [0.4, 0.5) is 8.78 Å². The van der Waals surface area contributed by atoms with Crippen molar-refractivity contribution in [3.63, 3.8) is 0 Å². The number of hydrogen-bond acceptors (Lipinski definition) is 5. The van der Waals surface area contributed by atoms with E-state index in [9.17, 15) is 28.3 Å². The number of fused-ring (bicyclic) bond motifs is 2. The van der Waals surface area contributed by atoms with Crippen LogP contribution in [0.1, 0.15) is 46.7 Å². The summed E-state index contributed by atoms with van der Waals surface area (Å²) in [7, 11) is 0. The molecule has 1 fully saturated rings. The molecule has 1 saturated heterocycles. The Morgan fingerprint density at radius 3 is 2.77 bits per heavy atom. The maximum atomic E-state index is 14.0. The fraction of sp³-hybridized carbons (Fsp3) is 0.409. The third-order valence-electron chi connectivity index (χ3n) is 5.93. The summed E-state index contributed by atoms with van der Waals surface area (Å²) in [6.45, 7) is 4.03. The van der Waals surface area contributed by atoms with E-state index in [1.807, 2.05) is 6.92 Å². The van der Waals surface area contributed by atoms with Crippen LogP contribution >= 0.6 is 0 Å². The van der Waals surface area contributed by atoms with Crippen molar-refractivity contribution in [2.45, 2.75) is 45.5 Å². The first kappa shape index (κ1) is 21.2. The van der Waals surface area contributed by atoms with E-state index in [-0.39, 0.29) is 35.8 Å². The Morgan fingerprint density at radius 2 is 2.06 bits per heavy atom. The van der Waals surface area contributed by atoms with Crippen LogP contribution in [0.3, 0.4) is 0 Å². The second-order valence-electron chi connectivity index (χ2n) is 8.10. The van der Waals surface area contributed by atoms with Crippen molar-refractivity contribution >= 4 is 11.7 Å². The van der Waals surface area contributed by atoms with Gasteiger partial charge in [-0.1, -0.05) is 13.0 Å². The second-order valence-corrected chi connectivity index (χ2v) is 8.10. The Morgan fingerprint density at radius 1 is 1.32 bits per heavy atom. The number of pyridine rings is 1. The molecule has 0 aliphatic carbocycles. The average molecular weight is 432 g/mol. The van der Waals surface area contributed by atoms with Crippen molar-refractivity contribution in [1.29, 1.82) is 0 Å². The van der Waals surface area contributed by atoms with Gasteiger partial charge in [-0.05, 0) is 31.4 Å². The van der Waals surface area contributed by atoms with Crippen molar-refractivity contribution in [2.24, 2.45) is 5.92 Å². The molecule has 9 heteroatoms. The molecule has 0 saturated carbocycles. The number of carbonyl (C=O) groups is 2. The molecule has 1 aromatic heterocycles. The number of amides is 1. The molecular formula is C22H22F2N2O5. The van der Waals surface area contributed by atoms with Gasteiger partial charge in [-0.15, -0.1) is 0 Å². The summed E-state index contributed by atoms with van der Waals surface area (Å²) in [6.07, 6.45) is 1.29. The van der Waals surface area contributed by atoms with Crippen LogP contribution in [0.5, 0.6) is 5.75 Å². The summed E-state index contributed by atoms with van der Waals surface area (Å²) in [6, 6.07) is 2.97. The van der Waals surface area contributed by atoms with Crippen molar-refractivity contribution in [3.8, 4) is 5.75 Å². The second kappa shape index (κ2) is 7.88. The minimum absolute atomic E-state index is 0.0527. The van der Waals surface area contributed by atoms with Gasteiger partial charge < -0.3 is 19.3 Å². The molecular weight excluding hydrogens is 410 g/mol. The SMILES string of the molecule is CC(Cc1ccc(F)cc1F)C(=O)c1cn2c(c(O)c1=O)C(=O)N1[C@H](C)CCO[C@H]1C2. The maximum Gasteiger partial charge on any atom is 0.276 e. The van der Waals surface area contributed by atoms with Crippen LogP contribution < -0.4 is 5.43 Å². The molecule has 0 radical (unpaired) electrons. The van der Waals surface area contributed by atoms with E-state index in [0.29, 0.717) is 13.0 Å². The Labute approximate surface area is 176 Å². The lowest BCUT2D eigenvalue weighted by molar-refractivity contribution is -0.112. The minimum atomic E-state index is -0.944. The summed E-state index contributed by atoms with van der Waals surface area (Å²) in [5.74, 6) is -4.24. The Kier molecular flexibility index (Phi) is 5.38. The molecule has 1 aromatic carbocycles. The summed E-state index contributed by atoms with van der Waals surface area (Å²) < 4.78 is 34.1. The monoisotopic (exact) mass is 432 g/mol. The number of carbonyl (C=O) groups excluding carboxylic acids is 2. The standard InChI is InChI=1S/C22H22F2N2O5/c1-11(7-13-3-4-14(23)8-16(13)24)19(27)15-9-25-10-17-26(12(2)5-6-31-17)22(30)18(25)21(29)20(15)28/h3-4,8-9,11-12,17,29H,5-7,10H2,1-2H3/t11?,12-,17+/m1/s1. The van der Waals surface area contributed by atoms with E-state index in [1.165, 1.54) is 28.7 Å². The number of ketones is 1. The van der Waals surface area contributed by atoms with Crippen LogP contribution in [0.25, 0.3) is 0 Å². The number of benzene rings is 1. The van der Waals surface area contributed by atoms with Crippen LogP contribution in [-0.2, 0) is 17.7 Å². The van der Waals surface area contributed by atoms with Gasteiger partial charge in [-0.25, -0.2) is 8.78 Å². The molecule has 3 atom stereocenters. The molecule has 2 aromatic rings. The highest BCUT2D eigenvalue weighted by molar-refractivity contribution is 6.00. The van der Waals surface area contributed by atoms with Gasteiger partial charge in [0, 0.05) is 24.2 Å². The number of aromatic hydroxyl groups is 1. The first-order chi connectivity index (χ1) is 14.7. The Hall–Kier alpha value is -3.07. The summed E-state index contributed by atoms with van der Waals surface area (Å²) in [5, 5.41) is 10.5. The van der Waals surface area contributed by atoms with E-state index < -0.39 is 46.6 Å². The van der Waals surface area contributed by atoms with Gasteiger partial charge in [0.1, 0.15) is 11.6 Å². The quantitative estimate of drug-likeness (QED) is 0.750. The summed E-state index contributed by atoms with van der Waals surface area (Å²) in [5.41, 5.74) is -1.27. The molecule has 4 rings (SSSR count). The molecule has 7 nitrogen and oxygen atoms in total. The van der Waals surface area contributed by atoms with Crippen LogP contribution in [0.15, 0.2) is 29.2 Å². The van der Waals surface area contributed by atoms with Gasteiger partial charge in [0.25, 0.3) is 5.91 Å². The predicted molar refractivity (Wildman–Crippen MR) is 106 cm³/mol. The van der Waals surface area contributed by atoms with E-state index in [2.05, 4.69) is 0 Å². The molecule has 1 amide bonds. The highest BCUT2D eigenvalue weighted by Crippen LogP contribution is 2.29. The third kappa shape index (κ3) is 3.63. The maximum absolute atomic E-state index is 14.0. The predicted octanol–water partition coefficient (Wildman–Crippen LogP) is 2.48. The molecule has 2 aliphatic rings. The molecule has 164 valence electrons.